The predicted octanol–water partition coefficient (Wildman–Crippen LogP) is 3.21. The quantitative estimate of drug-likeness (QED) is 0.845. The molecule has 2 saturated heterocycles. The van der Waals surface area contributed by atoms with Crippen molar-refractivity contribution in [3.63, 3.8) is 0 Å². The first-order chi connectivity index (χ1) is 11.9. The number of nitrogens with zero attached hydrogens (tertiary/aromatic N) is 4. The van der Waals surface area contributed by atoms with E-state index >= 15 is 0 Å². The van der Waals surface area contributed by atoms with Crippen molar-refractivity contribution in [2.75, 3.05) is 20.1 Å². The molecule has 1 aliphatic carbocycles. The van der Waals surface area contributed by atoms with E-state index in [2.05, 4.69) is 48.4 Å². The van der Waals surface area contributed by atoms with Gasteiger partial charge in [0.15, 0.2) is 5.69 Å². The molecule has 5 heteroatoms. The molecule has 3 fully saturated rings. The average Bonchev–Trinajstić information content (AvgIpc) is 2.98. The lowest BCUT2D eigenvalue weighted by molar-refractivity contribution is 0.0657. The van der Waals surface area contributed by atoms with Gasteiger partial charge in [0.2, 0.25) is 0 Å². The van der Waals surface area contributed by atoms with E-state index in [4.69, 9.17) is 5.10 Å². The van der Waals surface area contributed by atoms with Gasteiger partial charge in [0.05, 0.1) is 5.54 Å². The third kappa shape index (κ3) is 3.12. The van der Waals surface area contributed by atoms with Gasteiger partial charge in [-0.25, -0.2) is 0 Å². The SMILES string of the molecule is CN1CCCC1C1CCCN1C(=O)c1cc(C2CC2)n(C(C)(C)C)n1. The zero-order chi connectivity index (χ0) is 17.8. The highest BCUT2D eigenvalue weighted by molar-refractivity contribution is 5.93. The van der Waals surface area contributed by atoms with Gasteiger partial charge in [0.25, 0.3) is 5.91 Å². The first-order valence-corrected chi connectivity index (χ1v) is 9.98. The van der Waals surface area contributed by atoms with Crippen LogP contribution in [0, 0.1) is 0 Å². The van der Waals surface area contributed by atoms with Gasteiger partial charge in [-0.1, -0.05) is 0 Å². The van der Waals surface area contributed by atoms with Crippen LogP contribution in [0.3, 0.4) is 0 Å². The number of carbonyl (C=O) groups excluding carboxylic acids is 1. The van der Waals surface area contributed by atoms with E-state index in [0.29, 0.717) is 23.7 Å². The lowest BCUT2D eigenvalue weighted by Crippen LogP contribution is -2.47. The third-order valence-electron chi connectivity index (χ3n) is 6.17. The Labute approximate surface area is 151 Å². The molecule has 5 nitrogen and oxygen atoms in total. The smallest absolute Gasteiger partial charge is 0.274 e. The summed E-state index contributed by atoms with van der Waals surface area (Å²) in [7, 11) is 2.21. The summed E-state index contributed by atoms with van der Waals surface area (Å²) in [5.74, 6) is 0.747. The standard InChI is InChI=1S/C20H32N4O/c1-20(2,3)24-18(14-9-10-14)13-15(21-24)19(25)23-12-6-8-17(23)16-7-5-11-22(16)4/h13-14,16-17H,5-12H2,1-4H3. The van der Waals surface area contributed by atoms with Gasteiger partial charge in [-0.15, -0.1) is 0 Å². The van der Waals surface area contributed by atoms with E-state index in [1.165, 1.54) is 31.4 Å². The van der Waals surface area contributed by atoms with Crippen molar-refractivity contribution >= 4 is 5.91 Å². The molecule has 25 heavy (non-hydrogen) atoms. The number of rotatable bonds is 3. The first kappa shape index (κ1) is 17.1. The molecule has 3 heterocycles. The van der Waals surface area contributed by atoms with E-state index in [9.17, 15) is 4.79 Å². The molecular formula is C20H32N4O. The normalized spacial score (nSPS) is 28.1. The zero-order valence-electron chi connectivity index (χ0n) is 16.2. The molecular weight excluding hydrogens is 312 g/mol. The number of aromatic nitrogens is 2. The van der Waals surface area contributed by atoms with Crippen molar-refractivity contribution in [1.29, 1.82) is 0 Å². The van der Waals surface area contributed by atoms with Crippen LogP contribution in [0.25, 0.3) is 0 Å². The van der Waals surface area contributed by atoms with Crippen molar-refractivity contribution in [2.45, 2.75) is 82.8 Å². The monoisotopic (exact) mass is 344 g/mol. The summed E-state index contributed by atoms with van der Waals surface area (Å²) in [5, 5.41) is 4.78. The second kappa shape index (κ2) is 6.11. The van der Waals surface area contributed by atoms with Crippen LogP contribution in [0.4, 0.5) is 0 Å². The molecule has 1 aromatic rings. The van der Waals surface area contributed by atoms with Gasteiger partial charge in [-0.2, -0.15) is 5.10 Å². The van der Waals surface area contributed by atoms with Crippen LogP contribution >= 0.6 is 0 Å². The van der Waals surface area contributed by atoms with Gasteiger partial charge >= 0.3 is 0 Å². The molecule has 2 atom stereocenters. The highest BCUT2D eigenvalue weighted by atomic mass is 16.2. The molecule has 3 aliphatic rings. The van der Waals surface area contributed by atoms with E-state index in [1.54, 1.807) is 0 Å². The highest BCUT2D eigenvalue weighted by Crippen LogP contribution is 2.42. The molecule has 1 amide bonds. The maximum Gasteiger partial charge on any atom is 0.274 e. The topological polar surface area (TPSA) is 41.4 Å². The summed E-state index contributed by atoms with van der Waals surface area (Å²) >= 11 is 0. The molecule has 0 radical (unpaired) electrons. The molecule has 0 N–H and O–H groups in total. The highest BCUT2D eigenvalue weighted by Gasteiger charge is 2.40. The minimum atomic E-state index is -0.0769. The Morgan fingerprint density at radius 1 is 1.08 bits per heavy atom. The molecule has 1 saturated carbocycles. The first-order valence-electron chi connectivity index (χ1n) is 9.98. The number of likely N-dealkylation sites (N-methyl/N-ethyl adjacent to an activating group) is 1. The lowest BCUT2D eigenvalue weighted by Gasteiger charge is -2.32. The summed E-state index contributed by atoms with van der Waals surface area (Å²) in [4.78, 5) is 17.9. The van der Waals surface area contributed by atoms with E-state index in [0.717, 1.165) is 25.9 Å². The van der Waals surface area contributed by atoms with Gasteiger partial charge in [-0.05, 0) is 79.0 Å². The summed E-state index contributed by atoms with van der Waals surface area (Å²) in [5.41, 5.74) is 1.83. The minimum Gasteiger partial charge on any atom is -0.333 e. The Hall–Kier alpha value is -1.36. The fraction of sp³-hybridized carbons (Fsp3) is 0.800. The molecule has 2 aliphatic heterocycles. The second-order valence-electron chi connectivity index (χ2n) is 9.21. The van der Waals surface area contributed by atoms with Gasteiger partial charge in [-0.3, -0.25) is 9.48 Å². The van der Waals surface area contributed by atoms with Crippen molar-refractivity contribution < 1.29 is 4.79 Å². The number of hydrogen-bond donors (Lipinski definition) is 0. The predicted molar refractivity (Wildman–Crippen MR) is 98.9 cm³/mol. The molecule has 0 bridgehead atoms. The largest absolute Gasteiger partial charge is 0.333 e. The van der Waals surface area contributed by atoms with Crippen LogP contribution in [-0.4, -0.2) is 57.7 Å². The Balaban J connectivity index is 1.60. The summed E-state index contributed by atoms with van der Waals surface area (Å²) in [6.07, 6.45) is 7.19. The van der Waals surface area contributed by atoms with Crippen LogP contribution < -0.4 is 0 Å². The Bertz CT molecular complexity index is 655. The van der Waals surface area contributed by atoms with E-state index in [-0.39, 0.29) is 11.4 Å². The second-order valence-corrected chi connectivity index (χ2v) is 9.21. The molecule has 0 spiro atoms. The zero-order valence-corrected chi connectivity index (χ0v) is 16.2. The summed E-state index contributed by atoms with van der Waals surface area (Å²) in [6.45, 7) is 8.56. The molecule has 138 valence electrons. The summed E-state index contributed by atoms with van der Waals surface area (Å²) in [6, 6.07) is 2.97. The number of carbonyl (C=O) groups is 1. The van der Waals surface area contributed by atoms with Crippen molar-refractivity contribution in [3.8, 4) is 0 Å². The average molecular weight is 345 g/mol. The third-order valence-corrected chi connectivity index (χ3v) is 6.17. The maximum absolute atomic E-state index is 13.3. The van der Waals surface area contributed by atoms with Crippen LogP contribution in [0.2, 0.25) is 0 Å². The van der Waals surface area contributed by atoms with E-state index in [1.807, 2.05) is 0 Å². The van der Waals surface area contributed by atoms with Crippen LogP contribution in [0.1, 0.15) is 81.4 Å². The Kier molecular flexibility index (Phi) is 4.18. The van der Waals surface area contributed by atoms with Crippen molar-refractivity contribution in [3.05, 3.63) is 17.5 Å². The maximum atomic E-state index is 13.3. The molecule has 2 unspecified atom stereocenters. The molecule has 4 rings (SSSR count). The molecule has 0 aromatic carbocycles. The van der Waals surface area contributed by atoms with Crippen LogP contribution in [0.15, 0.2) is 6.07 Å². The van der Waals surface area contributed by atoms with Crippen molar-refractivity contribution in [2.24, 2.45) is 0 Å². The van der Waals surface area contributed by atoms with Crippen LogP contribution in [0.5, 0.6) is 0 Å². The van der Waals surface area contributed by atoms with E-state index < -0.39 is 0 Å². The van der Waals surface area contributed by atoms with Gasteiger partial charge < -0.3 is 9.80 Å². The van der Waals surface area contributed by atoms with Crippen molar-refractivity contribution in [1.82, 2.24) is 19.6 Å². The number of amides is 1. The Morgan fingerprint density at radius 2 is 1.76 bits per heavy atom. The minimum absolute atomic E-state index is 0.0769. The van der Waals surface area contributed by atoms with Crippen LogP contribution in [-0.2, 0) is 5.54 Å². The fourth-order valence-electron chi connectivity index (χ4n) is 4.72. The Morgan fingerprint density at radius 3 is 2.36 bits per heavy atom. The number of likely N-dealkylation sites (tertiary alicyclic amines) is 2. The number of hydrogen-bond acceptors (Lipinski definition) is 3. The summed E-state index contributed by atoms with van der Waals surface area (Å²) < 4.78 is 2.10. The molecule has 1 aromatic heterocycles. The lowest BCUT2D eigenvalue weighted by atomic mass is 10.0. The fourth-order valence-corrected chi connectivity index (χ4v) is 4.72. The van der Waals surface area contributed by atoms with Gasteiger partial charge in [0, 0.05) is 30.2 Å². The van der Waals surface area contributed by atoms with Gasteiger partial charge in [0.1, 0.15) is 0 Å².